The molecule has 0 fully saturated rings. The molecule has 12 nitrogen and oxygen atoms in total. The van der Waals surface area contributed by atoms with E-state index in [0.29, 0.717) is 15.9 Å². The molecule has 0 spiro atoms. The van der Waals surface area contributed by atoms with Gasteiger partial charge in [0.25, 0.3) is 15.6 Å². The van der Waals surface area contributed by atoms with Crippen LogP contribution in [0, 0.1) is 0 Å². The quantitative estimate of drug-likeness (QED) is 0.340. The summed E-state index contributed by atoms with van der Waals surface area (Å²) in [6, 6.07) is 3.08. The molecule has 148 valence electrons. The number of hydrogen-bond donors (Lipinski definition) is 3. The third kappa shape index (κ3) is 4.49. The highest BCUT2D eigenvalue weighted by Crippen LogP contribution is 2.29. The largest absolute Gasteiger partial charge is 0.463 e. The van der Waals surface area contributed by atoms with Crippen molar-refractivity contribution in [2.24, 2.45) is 0 Å². The summed E-state index contributed by atoms with van der Waals surface area (Å²) >= 11 is 2.14. The van der Waals surface area contributed by atoms with Crippen molar-refractivity contribution in [3.05, 3.63) is 50.7 Å². The summed E-state index contributed by atoms with van der Waals surface area (Å²) in [6.45, 7) is 0. The van der Waals surface area contributed by atoms with Crippen molar-refractivity contribution >= 4 is 44.2 Å². The van der Waals surface area contributed by atoms with E-state index in [1.54, 1.807) is 6.07 Å². The van der Waals surface area contributed by atoms with Gasteiger partial charge >= 0.3 is 11.7 Å². The van der Waals surface area contributed by atoms with Gasteiger partial charge in [0.05, 0.1) is 12.9 Å². The number of nitrogens with one attached hydrogen (secondary N) is 3. The van der Waals surface area contributed by atoms with E-state index in [1.165, 1.54) is 24.9 Å². The van der Waals surface area contributed by atoms with Crippen LogP contribution in [0.25, 0.3) is 0 Å². The lowest BCUT2D eigenvalue weighted by Gasteiger charge is -2.02. The fraction of sp³-hybridized carbons (Fsp3) is 0.154. The van der Waals surface area contributed by atoms with Crippen LogP contribution >= 0.6 is 23.1 Å². The molecule has 15 heteroatoms. The predicted molar refractivity (Wildman–Crippen MR) is 98.0 cm³/mol. The highest BCUT2D eigenvalue weighted by molar-refractivity contribution is 8.00. The van der Waals surface area contributed by atoms with Gasteiger partial charge in [-0.3, -0.25) is 14.5 Å². The molecule has 3 heterocycles. The van der Waals surface area contributed by atoms with Gasteiger partial charge in [-0.15, -0.1) is 10.2 Å². The van der Waals surface area contributed by atoms with Gasteiger partial charge in [0.15, 0.2) is 9.24 Å². The number of aromatic nitrogens is 4. The molecule has 0 aliphatic rings. The Morgan fingerprint density at radius 2 is 2.14 bits per heavy atom. The molecule has 0 saturated carbocycles. The Hall–Kier alpha value is -2.91. The molecule has 0 saturated heterocycles. The van der Waals surface area contributed by atoms with E-state index in [1.807, 2.05) is 4.98 Å². The third-order valence-corrected chi connectivity index (χ3v) is 6.56. The van der Waals surface area contributed by atoms with E-state index in [9.17, 15) is 22.8 Å². The topological polar surface area (TPSA) is 177 Å². The molecule has 28 heavy (non-hydrogen) atoms. The minimum Gasteiger partial charge on any atom is -0.463 e. The van der Waals surface area contributed by atoms with Gasteiger partial charge in [-0.1, -0.05) is 23.1 Å². The number of furan rings is 1. The van der Waals surface area contributed by atoms with Gasteiger partial charge in [-0.25, -0.2) is 18.0 Å². The molecule has 0 atom stereocenters. The van der Waals surface area contributed by atoms with E-state index >= 15 is 0 Å². The van der Waals surface area contributed by atoms with Gasteiger partial charge in [-0.05, 0) is 12.1 Å². The lowest BCUT2D eigenvalue weighted by molar-refractivity contribution is 0.0563. The fourth-order valence-corrected chi connectivity index (χ4v) is 4.76. The summed E-state index contributed by atoms with van der Waals surface area (Å²) in [5.41, 5.74) is -1.89. The average molecular weight is 445 g/mol. The second-order valence-electron chi connectivity index (χ2n) is 4.96. The maximum absolute atomic E-state index is 12.2. The zero-order valence-corrected chi connectivity index (χ0v) is 16.4. The number of methoxy groups -OCH3 is 1. The SMILES string of the molecule is COC(=O)c1ccc(CSc2nnc(NS(=O)(=O)c3c[nH]c(=O)[nH]c3=O)s2)o1. The van der Waals surface area contributed by atoms with Crippen molar-refractivity contribution in [3.8, 4) is 0 Å². The summed E-state index contributed by atoms with van der Waals surface area (Å²) in [4.78, 5) is 37.2. The molecule has 3 N–H and O–H groups in total. The van der Waals surface area contributed by atoms with Gasteiger partial charge in [0.1, 0.15) is 5.76 Å². The average Bonchev–Trinajstić information content (AvgIpc) is 3.28. The summed E-state index contributed by atoms with van der Waals surface area (Å²) < 4.78 is 36.9. The lowest BCUT2D eigenvalue weighted by atomic mass is 10.4. The van der Waals surface area contributed by atoms with Crippen LogP contribution in [0.2, 0.25) is 0 Å². The normalized spacial score (nSPS) is 11.3. The van der Waals surface area contributed by atoms with E-state index in [-0.39, 0.29) is 10.9 Å². The Morgan fingerprint density at radius 1 is 1.36 bits per heavy atom. The number of hydrogen-bond acceptors (Lipinski definition) is 11. The molecule has 3 rings (SSSR count). The molecule has 0 aromatic carbocycles. The van der Waals surface area contributed by atoms with Crippen molar-refractivity contribution in [2.45, 2.75) is 15.0 Å². The third-order valence-electron chi connectivity index (χ3n) is 3.09. The Balaban J connectivity index is 1.67. The minimum absolute atomic E-state index is 0.0648. The summed E-state index contributed by atoms with van der Waals surface area (Å²) in [6.07, 6.45) is 0.788. The van der Waals surface area contributed by atoms with Gasteiger partial charge in [0.2, 0.25) is 10.9 Å². The van der Waals surface area contributed by atoms with E-state index in [0.717, 1.165) is 17.5 Å². The first-order valence-electron chi connectivity index (χ1n) is 7.26. The van der Waals surface area contributed by atoms with Crippen molar-refractivity contribution < 1.29 is 22.4 Å². The number of sulfonamides is 1. The molecule has 0 unspecified atom stereocenters. The Labute approximate surface area is 164 Å². The van der Waals surface area contributed by atoms with Crippen molar-refractivity contribution in [2.75, 3.05) is 11.8 Å². The van der Waals surface area contributed by atoms with Crippen LogP contribution in [-0.4, -0.2) is 41.7 Å². The molecule has 0 radical (unpaired) electrons. The highest BCUT2D eigenvalue weighted by Gasteiger charge is 2.21. The number of aromatic amines is 2. The number of ether oxygens (including phenoxy) is 1. The maximum Gasteiger partial charge on any atom is 0.373 e. The van der Waals surface area contributed by atoms with Crippen LogP contribution in [-0.2, 0) is 20.5 Å². The first-order chi connectivity index (χ1) is 13.3. The van der Waals surface area contributed by atoms with Crippen molar-refractivity contribution in [1.29, 1.82) is 0 Å². The number of carbonyl (C=O) groups is 1. The van der Waals surface area contributed by atoms with Crippen molar-refractivity contribution in [1.82, 2.24) is 20.2 Å². The number of nitrogens with zero attached hydrogens (tertiary/aromatic N) is 2. The second kappa shape index (κ2) is 7.99. The van der Waals surface area contributed by atoms with Crippen LogP contribution in [0.1, 0.15) is 16.3 Å². The van der Waals surface area contributed by atoms with Gasteiger partial charge in [0, 0.05) is 6.20 Å². The number of rotatable bonds is 7. The fourth-order valence-electron chi connectivity index (χ4n) is 1.87. The maximum atomic E-state index is 12.2. The van der Waals surface area contributed by atoms with Crippen LogP contribution in [0.3, 0.4) is 0 Å². The van der Waals surface area contributed by atoms with Crippen LogP contribution in [0.15, 0.2) is 41.6 Å². The van der Waals surface area contributed by atoms with E-state index in [4.69, 9.17) is 4.42 Å². The highest BCUT2D eigenvalue weighted by atomic mass is 32.2. The number of carbonyl (C=O) groups excluding carboxylic acids is 1. The predicted octanol–water partition coefficient (Wildman–Crippen LogP) is 0.387. The smallest absolute Gasteiger partial charge is 0.373 e. The molecular formula is C13H11N5O7S3. The Bertz CT molecular complexity index is 1220. The number of esters is 1. The zero-order chi connectivity index (χ0) is 20.3. The Kier molecular flexibility index (Phi) is 5.66. The lowest BCUT2D eigenvalue weighted by Crippen LogP contribution is -2.29. The minimum atomic E-state index is -4.26. The van der Waals surface area contributed by atoms with Crippen LogP contribution in [0.4, 0.5) is 5.13 Å². The van der Waals surface area contributed by atoms with Crippen molar-refractivity contribution in [3.63, 3.8) is 0 Å². The molecule has 0 bridgehead atoms. The number of anilines is 1. The van der Waals surface area contributed by atoms with E-state index < -0.39 is 32.1 Å². The first-order valence-corrected chi connectivity index (χ1v) is 10.5. The second-order valence-corrected chi connectivity index (χ2v) is 8.81. The zero-order valence-electron chi connectivity index (χ0n) is 13.9. The molecule has 0 amide bonds. The van der Waals surface area contributed by atoms with Gasteiger partial charge < -0.3 is 14.1 Å². The van der Waals surface area contributed by atoms with Gasteiger partial charge in [-0.2, -0.15) is 0 Å². The molecule has 3 aromatic rings. The first kappa shape index (κ1) is 19.8. The van der Waals surface area contributed by atoms with E-state index in [2.05, 4.69) is 24.6 Å². The summed E-state index contributed by atoms with van der Waals surface area (Å²) in [5.74, 6) is 0.274. The summed E-state index contributed by atoms with van der Waals surface area (Å²) in [5, 5.41) is 7.47. The Morgan fingerprint density at radius 3 is 2.86 bits per heavy atom. The molecule has 0 aliphatic heterocycles. The number of H-pyrrole nitrogens is 2. The number of thioether (sulfide) groups is 1. The van der Waals surface area contributed by atoms with Crippen LogP contribution < -0.4 is 16.0 Å². The molecular weight excluding hydrogens is 434 g/mol. The monoisotopic (exact) mass is 445 g/mol. The molecule has 3 aromatic heterocycles. The standard InChI is InChI=1S/C13H11N5O7S3/c1-24-10(20)7-3-2-6(25-7)5-26-13-17-16-12(27-13)18-28(22,23)8-4-14-11(21)15-9(8)19/h2-4H,5H2,1H3,(H,16,18)(H2,14,15,19,21). The van der Waals surface area contributed by atoms with Crippen LogP contribution in [0.5, 0.6) is 0 Å². The summed E-state index contributed by atoms with van der Waals surface area (Å²) in [7, 11) is -3.02. The molecule has 0 aliphatic carbocycles.